The van der Waals surface area contributed by atoms with Crippen LogP contribution in [0.2, 0.25) is 0 Å². The second kappa shape index (κ2) is 6.69. The Labute approximate surface area is 133 Å². The first-order valence-electron chi connectivity index (χ1n) is 7.63. The normalized spacial score (nSPS) is 12.6. The van der Waals surface area contributed by atoms with Crippen molar-refractivity contribution in [2.75, 3.05) is 0 Å². The Morgan fingerprint density at radius 2 is 0.864 bits per heavy atom. The molecule has 2 nitrogen and oxygen atoms in total. The maximum Gasteiger partial charge on any atom is 0.0691 e. The zero-order valence-corrected chi connectivity index (χ0v) is 14.4. The third-order valence-electron chi connectivity index (χ3n) is 3.96. The van der Waals surface area contributed by atoms with E-state index in [-0.39, 0.29) is 0 Å². The molecule has 2 heteroatoms. The SMILES string of the molecule is CC(=N\c1c(C)cccc1C)/C(C)=N/c1c(C)cccc1C. The molecule has 0 N–H and O–H groups in total. The van der Waals surface area contributed by atoms with Crippen LogP contribution in [0.1, 0.15) is 36.1 Å². The highest BCUT2D eigenvalue weighted by molar-refractivity contribution is 6.41. The van der Waals surface area contributed by atoms with Crippen LogP contribution in [0, 0.1) is 27.7 Å². The summed E-state index contributed by atoms with van der Waals surface area (Å²) in [7, 11) is 0. The maximum atomic E-state index is 4.80. The second-order valence-corrected chi connectivity index (χ2v) is 5.88. The number of aliphatic imine (C=N–C) groups is 2. The molecule has 0 aromatic heterocycles. The average molecular weight is 292 g/mol. The molecule has 0 aliphatic carbocycles. The molecule has 0 amide bonds. The van der Waals surface area contributed by atoms with E-state index in [9.17, 15) is 0 Å². The smallest absolute Gasteiger partial charge is 0.0691 e. The molecular formula is C20H24N2. The van der Waals surface area contributed by atoms with Gasteiger partial charge in [0.1, 0.15) is 0 Å². The Balaban J connectivity index is 2.42. The molecule has 0 heterocycles. The van der Waals surface area contributed by atoms with Crippen molar-refractivity contribution in [3.63, 3.8) is 0 Å². The molecule has 2 aromatic rings. The quantitative estimate of drug-likeness (QED) is 0.638. The first kappa shape index (κ1) is 16.2. The summed E-state index contributed by atoms with van der Waals surface area (Å²) in [5, 5.41) is 0. The fourth-order valence-corrected chi connectivity index (χ4v) is 2.46. The van der Waals surface area contributed by atoms with E-state index in [4.69, 9.17) is 9.98 Å². The van der Waals surface area contributed by atoms with Crippen molar-refractivity contribution < 1.29 is 0 Å². The van der Waals surface area contributed by atoms with E-state index < -0.39 is 0 Å². The lowest BCUT2D eigenvalue weighted by molar-refractivity contribution is 1.31. The molecule has 22 heavy (non-hydrogen) atoms. The lowest BCUT2D eigenvalue weighted by atomic mass is 10.1. The van der Waals surface area contributed by atoms with Gasteiger partial charge in [-0.15, -0.1) is 0 Å². The topological polar surface area (TPSA) is 24.7 Å². The number of aryl methyl sites for hydroxylation is 4. The molecule has 0 bridgehead atoms. The van der Waals surface area contributed by atoms with Crippen molar-refractivity contribution in [1.82, 2.24) is 0 Å². The number of para-hydroxylation sites is 2. The molecule has 2 aromatic carbocycles. The van der Waals surface area contributed by atoms with E-state index in [1.165, 1.54) is 22.3 Å². The van der Waals surface area contributed by atoms with Crippen molar-refractivity contribution in [2.24, 2.45) is 9.98 Å². The summed E-state index contributed by atoms with van der Waals surface area (Å²) in [5.74, 6) is 0. The molecule has 0 saturated heterocycles. The molecule has 114 valence electrons. The van der Waals surface area contributed by atoms with Gasteiger partial charge in [-0.1, -0.05) is 36.4 Å². The molecule has 0 fully saturated rings. The zero-order chi connectivity index (χ0) is 16.3. The molecule has 0 saturated carbocycles. The van der Waals surface area contributed by atoms with Gasteiger partial charge in [-0.05, 0) is 63.8 Å². The zero-order valence-electron chi connectivity index (χ0n) is 14.4. The van der Waals surface area contributed by atoms with E-state index >= 15 is 0 Å². The molecule has 0 unspecified atom stereocenters. The first-order valence-corrected chi connectivity index (χ1v) is 7.63. The van der Waals surface area contributed by atoms with Crippen LogP contribution >= 0.6 is 0 Å². The Kier molecular flexibility index (Phi) is 4.92. The molecule has 0 spiro atoms. The lowest BCUT2D eigenvalue weighted by Gasteiger charge is -2.08. The van der Waals surface area contributed by atoms with Gasteiger partial charge in [0.15, 0.2) is 0 Å². The van der Waals surface area contributed by atoms with E-state index in [1.807, 2.05) is 13.8 Å². The minimum absolute atomic E-state index is 0.958. The van der Waals surface area contributed by atoms with Crippen LogP contribution in [-0.4, -0.2) is 11.4 Å². The van der Waals surface area contributed by atoms with Crippen LogP contribution < -0.4 is 0 Å². The van der Waals surface area contributed by atoms with Crippen LogP contribution in [0.25, 0.3) is 0 Å². The summed E-state index contributed by atoms with van der Waals surface area (Å²) in [6, 6.07) is 12.5. The lowest BCUT2D eigenvalue weighted by Crippen LogP contribution is -2.05. The van der Waals surface area contributed by atoms with Crippen molar-refractivity contribution >= 4 is 22.8 Å². The van der Waals surface area contributed by atoms with Crippen molar-refractivity contribution in [1.29, 1.82) is 0 Å². The van der Waals surface area contributed by atoms with E-state index in [0.717, 1.165) is 22.8 Å². The van der Waals surface area contributed by atoms with Crippen LogP contribution in [0.3, 0.4) is 0 Å². The van der Waals surface area contributed by atoms with Gasteiger partial charge < -0.3 is 0 Å². The highest BCUT2D eigenvalue weighted by Crippen LogP contribution is 2.25. The van der Waals surface area contributed by atoms with Gasteiger partial charge >= 0.3 is 0 Å². The largest absolute Gasteiger partial charge is 0.251 e. The van der Waals surface area contributed by atoms with Crippen molar-refractivity contribution in [3.05, 3.63) is 58.7 Å². The highest BCUT2D eigenvalue weighted by Gasteiger charge is 2.05. The van der Waals surface area contributed by atoms with Crippen LogP contribution in [0.5, 0.6) is 0 Å². The number of rotatable bonds is 3. The minimum atomic E-state index is 0.958. The summed E-state index contributed by atoms with van der Waals surface area (Å²) in [5.41, 5.74) is 8.80. The van der Waals surface area contributed by atoms with E-state index in [1.54, 1.807) is 0 Å². The summed E-state index contributed by atoms with van der Waals surface area (Å²) >= 11 is 0. The third-order valence-corrected chi connectivity index (χ3v) is 3.96. The van der Waals surface area contributed by atoms with Crippen LogP contribution in [0.15, 0.2) is 46.4 Å². The van der Waals surface area contributed by atoms with Gasteiger partial charge in [0.25, 0.3) is 0 Å². The van der Waals surface area contributed by atoms with Gasteiger partial charge in [0.05, 0.1) is 22.8 Å². The summed E-state index contributed by atoms with van der Waals surface area (Å²) in [6.07, 6.45) is 0. The number of benzene rings is 2. The fourth-order valence-electron chi connectivity index (χ4n) is 2.46. The van der Waals surface area contributed by atoms with Gasteiger partial charge in [0.2, 0.25) is 0 Å². The third kappa shape index (κ3) is 3.51. The summed E-state index contributed by atoms with van der Waals surface area (Å²) in [6.45, 7) is 12.4. The molecular weight excluding hydrogens is 268 g/mol. The Hall–Kier alpha value is -2.22. The minimum Gasteiger partial charge on any atom is -0.251 e. The van der Waals surface area contributed by atoms with Crippen molar-refractivity contribution in [2.45, 2.75) is 41.5 Å². The highest BCUT2D eigenvalue weighted by atomic mass is 14.8. The Morgan fingerprint density at radius 3 is 1.14 bits per heavy atom. The molecule has 0 aliphatic heterocycles. The van der Waals surface area contributed by atoms with Gasteiger partial charge in [0, 0.05) is 0 Å². The number of hydrogen-bond donors (Lipinski definition) is 0. The first-order chi connectivity index (χ1) is 10.4. The predicted octanol–water partition coefficient (Wildman–Crippen LogP) is 5.81. The Morgan fingerprint density at radius 1 is 0.591 bits per heavy atom. The maximum absolute atomic E-state index is 4.80. The summed E-state index contributed by atoms with van der Waals surface area (Å²) in [4.78, 5) is 9.60. The van der Waals surface area contributed by atoms with Crippen LogP contribution in [0.4, 0.5) is 11.4 Å². The number of hydrogen-bond acceptors (Lipinski definition) is 2. The Bertz CT molecular complexity index is 646. The monoisotopic (exact) mass is 292 g/mol. The van der Waals surface area contributed by atoms with Gasteiger partial charge in [-0.3, -0.25) is 9.98 Å². The molecule has 0 atom stereocenters. The standard InChI is InChI=1S/C20H24N2/c1-13-9-7-10-14(2)19(13)21-17(5)18(6)22-20-15(3)11-8-12-16(20)4/h7-12H,1-6H3/b21-17+,22-18+. The van der Waals surface area contributed by atoms with E-state index in [2.05, 4.69) is 64.1 Å². The van der Waals surface area contributed by atoms with Crippen molar-refractivity contribution in [3.8, 4) is 0 Å². The molecule has 0 aliphatic rings. The van der Waals surface area contributed by atoms with E-state index in [0.29, 0.717) is 0 Å². The average Bonchev–Trinajstić information content (AvgIpc) is 2.46. The summed E-state index contributed by atoms with van der Waals surface area (Å²) < 4.78 is 0. The predicted molar refractivity (Wildman–Crippen MR) is 97.4 cm³/mol. The van der Waals surface area contributed by atoms with Gasteiger partial charge in [-0.25, -0.2) is 0 Å². The molecule has 0 radical (unpaired) electrons. The van der Waals surface area contributed by atoms with Crippen LogP contribution in [-0.2, 0) is 0 Å². The fraction of sp³-hybridized carbons (Fsp3) is 0.300. The van der Waals surface area contributed by atoms with Gasteiger partial charge in [-0.2, -0.15) is 0 Å². The molecule has 2 rings (SSSR count). The second-order valence-electron chi connectivity index (χ2n) is 5.88. The number of nitrogens with zero attached hydrogens (tertiary/aromatic N) is 2.